The number of benzene rings is 2. The summed E-state index contributed by atoms with van der Waals surface area (Å²) >= 11 is 20.6. The molecular formula is C23H22Cl3N3OS. The number of fused-ring (bicyclic) bond motifs is 1. The van der Waals surface area contributed by atoms with Crippen LogP contribution in [0.15, 0.2) is 48.7 Å². The fourth-order valence-corrected chi connectivity index (χ4v) is 5.99. The van der Waals surface area contributed by atoms with Gasteiger partial charge in [-0.3, -0.25) is 9.78 Å². The first-order chi connectivity index (χ1) is 15.0. The number of halogens is 3. The Morgan fingerprint density at radius 2 is 1.90 bits per heavy atom. The van der Waals surface area contributed by atoms with Crippen LogP contribution in [0.4, 0.5) is 5.69 Å². The minimum absolute atomic E-state index is 0.135. The van der Waals surface area contributed by atoms with E-state index in [0.717, 1.165) is 47.3 Å². The van der Waals surface area contributed by atoms with Crippen molar-refractivity contribution >= 4 is 69.1 Å². The van der Waals surface area contributed by atoms with Crippen LogP contribution >= 0.6 is 46.6 Å². The number of hydrogen-bond donors (Lipinski definition) is 1. The Hall–Kier alpha value is -1.66. The summed E-state index contributed by atoms with van der Waals surface area (Å²) in [5.74, 6) is 0.937. The van der Waals surface area contributed by atoms with Crippen LogP contribution in [0.25, 0.3) is 10.9 Å². The van der Waals surface area contributed by atoms with E-state index in [1.807, 2.05) is 47.4 Å². The molecule has 1 amide bonds. The van der Waals surface area contributed by atoms with Gasteiger partial charge in [-0.25, -0.2) is 0 Å². The zero-order chi connectivity index (χ0) is 21.8. The molecule has 4 nitrogen and oxygen atoms in total. The van der Waals surface area contributed by atoms with Crippen LogP contribution in [0, 0.1) is 0 Å². The van der Waals surface area contributed by atoms with Gasteiger partial charge in [-0.1, -0.05) is 40.9 Å². The number of nitrogens with one attached hydrogen (secondary N) is 1. The number of unbranched alkanes of at least 4 members (excludes halogenated alkanes) is 1. The van der Waals surface area contributed by atoms with Gasteiger partial charge in [-0.05, 0) is 49.2 Å². The van der Waals surface area contributed by atoms with Gasteiger partial charge in [0.25, 0.3) is 0 Å². The van der Waals surface area contributed by atoms with Crippen LogP contribution in [-0.2, 0) is 4.79 Å². The predicted molar refractivity (Wildman–Crippen MR) is 132 cm³/mol. The molecule has 2 aromatic carbocycles. The molecule has 1 aliphatic heterocycles. The first-order valence-corrected chi connectivity index (χ1v) is 12.4. The van der Waals surface area contributed by atoms with Crippen molar-refractivity contribution in [2.75, 3.05) is 24.2 Å². The number of carbonyl (C=O) groups is 1. The van der Waals surface area contributed by atoms with Crippen molar-refractivity contribution in [2.45, 2.75) is 24.6 Å². The molecule has 4 rings (SSSR count). The van der Waals surface area contributed by atoms with E-state index in [0.29, 0.717) is 28.0 Å². The molecule has 3 aromatic rings. The van der Waals surface area contributed by atoms with E-state index >= 15 is 0 Å². The highest BCUT2D eigenvalue weighted by Gasteiger charge is 2.32. The van der Waals surface area contributed by atoms with Gasteiger partial charge in [0.1, 0.15) is 5.37 Å². The number of carbonyl (C=O) groups excluding carboxylic acids is 1. The van der Waals surface area contributed by atoms with Gasteiger partial charge in [0.2, 0.25) is 5.91 Å². The third kappa shape index (κ3) is 5.23. The molecule has 8 heteroatoms. The Morgan fingerprint density at radius 1 is 1.10 bits per heavy atom. The average molecular weight is 495 g/mol. The van der Waals surface area contributed by atoms with Crippen molar-refractivity contribution in [1.29, 1.82) is 0 Å². The minimum Gasteiger partial charge on any atom is -0.384 e. The zero-order valence-corrected chi connectivity index (χ0v) is 19.9. The van der Waals surface area contributed by atoms with Crippen molar-refractivity contribution in [1.82, 2.24) is 9.88 Å². The van der Waals surface area contributed by atoms with Gasteiger partial charge >= 0.3 is 0 Å². The third-order valence-corrected chi connectivity index (χ3v) is 7.43. The van der Waals surface area contributed by atoms with Crippen LogP contribution in [0.5, 0.6) is 0 Å². The van der Waals surface area contributed by atoms with Crippen molar-refractivity contribution in [3.05, 3.63) is 69.3 Å². The van der Waals surface area contributed by atoms with Crippen molar-refractivity contribution < 1.29 is 4.79 Å². The van der Waals surface area contributed by atoms with Crippen LogP contribution in [0.1, 0.15) is 30.2 Å². The summed E-state index contributed by atoms with van der Waals surface area (Å²) in [5, 5.41) is 6.28. The van der Waals surface area contributed by atoms with E-state index in [1.54, 1.807) is 18.0 Å². The quantitative estimate of drug-likeness (QED) is 0.357. The van der Waals surface area contributed by atoms with Crippen molar-refractivity contribution in [2.24, 2.45) is 0 Å². The summed E-state index contributed by atoms with van der Waals surface area (Å²) in [5.41, 5.74) is 2.74. The molecule has 0 saturated carbocycles. The molecule has 0 spiro atoms. The highest BCUT2D eigenvalue weighted by molar-refractivity contribution is 7.99. The SMILES string of the molecule is O=C1CCSC(c2c(Cl)cccc2Cl)N1CCCCNc1ccnc2cc(Cl)ccc12. The zero-order valence-electron chi connectivity index (χ0n) is 16.8. The fourth-order valence-electron chi connectivity index (χ4n) is 3.76. The molecule has 2 heterocycles. The number of aromatic nitrogens is 1. The highest BCUT2D eigenvalue weighted by atomic mass is 35.5. The van der Waals surface area contributed by atoms with E-state index in [9.17, 15) is 4.79 Å². The monoisotopic (exact) mass is 493 g/mol. The lowest BCUT2D eigenvalue weighted by atomic mass is 10.1. The second kappa shape index (κ2) is 10.3. The number of anilines is 1. The maximum absolute atomic E-state index is 12.7. The molecule has 1 saturated heterocycles. The topological polar surface area (TPSA) is 45.2 Å². The van der Waals surface area contributed by atoms with Gasteiger partial charge in [-0.15, -0.1) is 11.8 Å². The molecule has 1 atom stereocenters. The first kappa shape index (κ1) is 22.5. The predicted octanol–water partition coefficient (Wildman–Crippen LogP) is 7.05. The lowest BCUT2D eigenvalue weighted by molar-refractivity contribution is -0.132. The van der Waals surface area contributed by atoms with Gasteiger partial charge in [0.05, 0.1) is 5.52 Å². The molecule has 162 valence electrons. The van der Waals surface area contributed by atoms with E-state index in [2.05, 4.69) is 10.3 Å². The summed E-state index contributed by atoms with van der Waals surface area (Å²) in [6, 6.07) is 13.2. The largest absolute Gasteiger partial charge is 0.384 e. The molecule has 1 aromatic heterocycles. The normalized spacial score (nSPS) is 16.7. The Morgan fingerprint density at radius 3 is 2.71 bits per heavy atom. The molecule has 31 heavy (non-hydrogen) atoms. The second-order valence-electron chi connectivity index (χ2n) is 7.35. The number of thioether (sulfide) groups is 1. The Labute approximate surface area is 201 Å². The summed E-state index contributed by atoms with van der Waals surface area (Å²) in [4.78, 5) is 18.9. The van der Waals surface area contributed by atoms with Crippen LogP contribution in [0.3, 0.4) is 0 Å². The van der Waals surface area contributed by atoms with Gasteiger partial charge in [-0.2, -0.15) is 0 Å². The number of nitrogens with zero attached hydrogens (tertiary/aromatic N) is 2. The average Bonchev–Trinajstić information content (AvgIpc) is 2.74. The lowest BCUT2D eigenvalue weighted by Gasteiger charge is -2.36. The number of amides is 1. The molecule has 0 aliphatic carbocycles. The maximum atomic E-state index is 12.7. The van der Waals surface area contributed by atoms with E-state index in [-0.39, 0.29) is 11.3 Å². The molecule has 1 unspecified atom stereocenters. The number of hydrogen-bond acceptors (Lipinski definition) is 4. The Kier molecular flexibility index (Phi) is 7.49. The van der Waals surface area contributed by atoms with Crippen molar-refractivity contribution in [3.63, 3.8) is 0 Å². The maximum Gasteiger partial charge on any atom is 0.224 e. The minimum atomic E-state index is -0.135. The summed E-state index contributed by atoms with van der Waals surface area (Å²) < 4.78 is 0. The van der Waals surface area contributed by atoms with E-state index in [4.69, 9.17) is 34.8 Å². The smallest absolute Gasteiger partial charge is 0.224 e. The summed E-state index contributed by atoms with van der Waals surface area (Å²) in [7, 11) is 0. The van der Waals surface area contributed by atoms with Crippen LogP contribution in [0.2, 0.25) is 15.1 Å². The van der Waals surface area contributed by atoms with Crippen molar-refractivity contribution in [3.8, 4) is 0 Å². The second-order valence-corrected chi connectivity index (χ2v) is 9.79. The van der Waals surface area contributed by atoms with Crippen LogP contribution in [-0.4, -0.2) is 34.6 Å². The molecule has 1 aliphatic rings. The van der Waals surface area contributed by atoms with E-state index < -0.39 is 0 Å². The Bertz CT molecular complexity index is 1070. The Balaban J connectivity index is 1.37. The molecule has 1 fully saturated rings. The molecule has 0 radical (unpaired) electrons. The number of rotatable bonds is 7. The molecule has 1 N–H and O–H groups in total. The first-order valence-electron chi connectivity index (χ1n) is 10.2. The lowest BCUT2D eigenvalue weighted by Crippen LogP contribution is -2.38. The molecule has 0 bridgehead atoms. The number of pyridine rings is 1. The standard InChI is InChI=1S/C23H22Cl3N3OS/c24-15-6-7-16-19(8-11-28-20(16)14-15)27-10-1-2-12-29-21(30)9-13-31-23(29)22-17(25)4-3-5-18(22)26/h3-8,11,14,23H,1-2,9-10,12-13H2,(H,27,28). The van der Waals surface area contributed by atoms with Crippen LogP contribution < -0.4 is 5.32 Å². The molecular weight excluding hydrogens is 473 g/mol. The summed E-state index contributed by atoms with van der Waals surface area (Å²) in [6.07, 6.45) is 4.14. The highest BCUT2D eigenvalue weighted by Crippen LogP contribution is 2.43. The van der Waals surface area contributed by atoms with Gasteiger partial charge in [0.15, 0.2) is 0 Å². The van der Waals surface area contributed by atoms with Gasteiger partial charge in [0, 0.05) is 63.2 Å². The summed E-state index contributed by atoms with van der Waals surface area (Å²) in [6.45, 7) is 1.47. The van der Waals surface area contributed by atoms with E-state index in [1.165, 1.54) is 0 Å². The fraction of sp³-hybridized carbons (Fsp3) is 0.304. The third-order valence-electron chi connectivity index (χ3n) is 5.29. The van der Waals surface area contributed by atoms with Gasteiger partial charge < -0.3 is 10.2 Å².